The van der Waals surface area contributed by atoms with E-state index in [2.05, 4.69) is 19.1 Å². The molecule has 1 aromatic carbocycles. The molecule has 1 aromatic rings. The van der Waals surface area contributed by atoms with Gasteiger partial charge in [-0.05, 0) is 43.5 Å². The third-order valence-electron chi connectivity index (χ3n) is 2.88. The minimum absolute atomic E-state index is 0.334. The van der Waals surface area contributed by atoms with Gasteiger partial charge < -0.3 is 10.5 Å². The lowest BCUT2D eigenvalue weighted by atomic mass is 10.2. The molecule has 0 aromatic heterocycles. The van der Waals surface area contributed by atoms with Crippen LogP contribution < -0.4 is 10.5 Å². The van der Waals surface area contributed by atoms with E-state index in [0.717, 1.165) is 12.3 Å². The van der Waals surface area contributed by atoms with Crippen LogP contribution in [0.25, 0.3) is 0 Å². The molecule has 2 nitrogen and oxygen atoms in total. The first-order chi connectivity index (χ1) is 7.19. The Labute approximate surface area is 95.2 Å². The topological polar surface area (TPSA) is 35.2 Å². The first-order valence-electron chi connectivity index (χ1n) is 5.23. The second-order valence-corrected chi connectivity index (χ2v) is 5.66. The van der Waals surface area contributed by atoms with Gasteiger partial charge in [0.25, 0.3) is 0 Å². The number of benzene rings is 1. The second-order valence-electron chi connectivity index (χ2n) is 4.12. The van der Waals surface area contributed by atoms with E-state index in [1.54, 1.807) is 7.11 Å². The number of hydrogen-bond acceptors (Lipinski definition) is 3. The molecule has 3 heteroatoms. The zero-order chi connectivity index (χ0) is 10.9. The van der Waals surface area contributed by atoms with Crippen molar-refractivity contribution in [3.8, 4) is 5.75 Å². The summed E-state index contributed by atoms with van der Waals surface area (Å²) in [7, 11) is 1.71. The molecule has 0 aliphatic heterocycles. The monoisotopic (exact) mass is 223 g/mol. The van der Waals surface area contributed by atoms with Gasteiger partial charge >= 0.3 is 0 Å². The largest absolute Gasteiger partial charge is 0.496 e. The number of ether oxygens (including phenoxy) is 1. The van der Waals surface area contributed by atoms with Crippen molar-refractivity contribution in [1.82, 2.24) is 0 Å². The molecule has 0 amide bonds. The van der Waals surface area contributed by atoms with Gasteiger partial charge in [-0.3, -0.25) is 0 Å². The van der Waals surface area contributed by atoms with Crippen LogP contribution in [0.15, 0.2) is 23.1 Å². The van der Waals surface area contributed by atoms with Crippen LogP contribution in [0.2, 0.25) is 0 Å². The molecule has 2 N–H and O–H groups in total. The third-order valence-corrected chi connectivity index (χ3v) is 4.38. The van der Waals surface area contributed by atoms with Crippen molar-refractivity contribution in [2.75, 3.05) is 13.7 Å². The predicted molar refractivity (Wildman–Crippen MR) is 64.6 cm³/mol. The van der Waals surface area contributed by atoms with E-state index in [1.807, 2.05) is 17.8 Å². The summed E-state index contributed by atoms with van der Waals surface area (Å²) in [5.41, 5.74) is 6.96. The summed E-state index contributed by atoms with van der Waals surface area (Å²) in [5, 5.41) is 0. The van der Waals surface area contributed by atoms with Crippen LogP contribution in [0.5, 0.6) is 5.75 Å². The Balaban J connectivity index is 2.13. The highest BCUT2D eigenvalue weighted by atomic mass is 32.2. The molecule has 0 bridgehead atoms. The Hall–Kier alpha value is -0.670. The minimum atomic E-state index is 0.334. The van der Waals surface area contributed by atoms with Crippen LogP contribution in [-0.4, -0.2) is 18.4 Å². The van der Waals surface area contributed by atoms with Crippen molar-refractivity contribution in [2.45, 2.75) is 29.4 Å². The van der Waals surface area contributed by atoms with Crippen LogP contribution in [-0.2, 0) is 0 Å². The number of hydrogen-bond donors (Lipinski definition) is 1. The molecular formula is C12H17NOS. The molecular weight excluding hydrogens is 206 g/mol. The summed E-state index contributed by atoms with van der Waals surface area (Å²) in [6.07, 6.45) is 2.50. The molecule has 1 fully saturated rings. The number of rotatable bonds is 4. The molecule has 15 heavy (non-hydrogen) atoms. The van der Waals surface area contributed by atoms with Crippen LogP contribution in [0.1, 0.15) is 18.4 Å². The molecule has 0 heterocycles. The van der Waals surface area contributed by atoms with Gasteiger partial charge in [0.2, 0.25) is 0 Å². The Morgan fingerprint density at radius 3 is 2.67 bits per heavy atom. The van der Waals surface area contributed by atoms with E-state index in [1.165, 1.54) is 23.3 Å². The fourth-order valence-corrected chi connectivity index (χ4v) is 2.91. The Morgan fingerprint density at radius 2 is 2.20 bits per heavy atom. The summed E-state index contributed by atoms with van der Waals surface area (Å²) in [5.74, 6) is 0.956. The highest BCUT2D eigenvalue weighted by Crippen LogP contribution is 2.51. The molecule has 1 saturated carbocycles. The fraction of sp³-hybridized carbons (Fsp3) is 0.500. The molecule has 0 radical (unpaired) electrons. The predicted octanol–water partition coefficient (Wildman–Crippen LogP) is 2.59. The second kappa shape index (κ2) is 4.06. The minimum Gasteiger partial charge on any atom is -0.496 e. The van der Waals surface area contributed by atoms with Crippen molar-refractivity contribution in [3.63, 3.8) is 0 Å². The van der Waals surface area contributed by atoms with Gasteiger partial charge in [0.15, 0.2) is 0 Å². The summed E-state index contributed by atoms with van der Waals surface area (Å²) in [6, 6.07) is 6.33. The van der Waals surface area contributed by atoms with E-state index in [0.29, 0.717) is 4.75 Å². The molecule has 0 saturated heterocycles. The maximum Gasteiger partial charge on any atom is 0.121 e. The summed E-state index contributed by atoms with van der Waals surface area (Å²) >= 11 is 1.91. The molecule has 1 aliphatic rings. The summed E-state index contributed by atoms with van der Waals surface area (Å²) in [6.45, 7) is 2.85. The highest BCUT2D eigenvalue weighted by molar-refractivity contribution is 8.01. The lowest BCUT2D eigenvalue weighted by molar-refractivity contribution is 0.411. The van der Waals surface area contributed by atoms with Gasteiger partial charge in [0.05, 0.1) is 7.11 Å². The van der Waals surface area contributed by atoms with Crippen molar-refractivity contribution < 1.29 is 4.74 Å². The Morgan fingerprint density at radius 1 is 1.47 bits per heavy atom. The maximum atomic E-state index is 5.77. The van der Waals surface area contributed by atoms with E-state index < -0.39 is 0 Å². The normalized spacial score (nSPS) is 17.5. The van der Waals surface area contributed by atoms with Crippen molar-refractivity contribution >= 4 is 11.8 Å². The number of methoxy groups -OCH3 is 1. The molecule has 1 aliphatic carbocycles. The maximum absolute atomic E-state index is 5.77. The van der Waals surface area contributed by atoms with Crippen molar-refractivity contribution in [3.05, 3.63) is 23.8 Å². The summed E-state index contributed by atoms with van der Waals surface area (Å²) < 4.78 is 5.57. The first kappa shape index (κ1) is 10.8. The van der Waals surface area contributed by atoms with Gasteiger partial charge in [-0.2, -0.15) is 0 Å². The van der Waals surface area contributed by atoms with Gasteiger partial charge in [-0.15, -0.1) is 11.8 Å². The number of aryl methyl sites for hydroxylation is 1. The van der Waals surface area contributed by atoms with Crippen LogP contribution >= 0.6 is 11.8 Å². The first-order valence-corrected chi connectivity index (χ1v) is 6.04. The number of thioether (sulfide) groups is 1. The van der Waals surface area contributed by atoms with Crippen molar-refractivity contribution in [2.24, 2.45) is 5.73 Å². The molecule has 0 atom stereocenters. The zero-order valence-electron chi connectivity index (χ0n) is 9.25. The third kappa shape index (κ3) is 2.29. The van der Waals surface area contributed by atoms with Crippen LogP contribution in [0.3, 0.4) is 0 Å². The zero-order valence-corrected chi connectivity index (χ0v) is 10.1. The van der Waals surface area contributed by atoms with Gasteiger partial charge in [0, 0.05) is 16.2 Å². The quantitative estimate of drug-likeness (QED) is 0.852. The highest BCUT2D eigenvalue weighted by Gasteiger charge is 2.42. The smallest absolute Gasteiger partial charge is 0.121 e. The molecule has 82 valence electrons. The Kier molecular flexibility index (Phi) is 2.94. The van der Waals surface area contributed by atoms with Crippen LogP contribution in [0.4, 0.5) is 0 Å². The fourth-order valence-electron chi connectivity index (χ4n) is 1.65. The van der Waals surface area contributed by atoms with Gasteiger partial charge in [-0.25, -0.2) is 0 Å². The lowest BCUT2D eigenvalue weighted by Crippen LogP contribution is -2.17. The lowest BCUT2D eigenvalue weighted by Gasteiger charge is -2.13. The van der Waals surface area contributed by atoms with Gasteiger partial charge in [0.1, 0.15) is 5.75 Å². The van der Waals surface area contributed by atoms with Gasteiger partial charge in [-0.1, -0.05) is 0 Å². The molecule has 2 rings (SSSR count). The molecule has 0 spiro atoms. The van der Waals surface area contributed by atoms with E-state index in [4.69, 9.17) is 10.5 Å². The van der Waals surface area contributed by atoms with Crippen LogP contribution in [0, 0.1) is 6.92 Å². The average molecular weight is 223 g/mol. The average Bonchev–Trinajstić information content (AvgIpc) is 2.99. The summed E-state index contributed by atoms with van der Waals surface area (Å²) in [4.78, 5) is 1.30. The molecule has 0 unspecified atom stereocenters. The SMILES string of the molecule is COc1ccc(SC2(CN)CC2)cc1C. The Bertz CT molecular complexity index is 361. The standard InChI is InChI=1S/C12H17NOS/c1-9-7-10(3-4-11(9)14-2)15-12(8-13)5-6-12/h3-4,7H,5-6,8,13H2,1-2H3. The number of nitrogens with two attached hydrogens (primary N) is 1. The van der Waals surface area contributed by atoms with E-state index in [-0.39, 0.29) is 0 Å². The van der Waals surface area contributed by atoms with E-state index >= 15 is 0 Å². The van der Waals surface area contributed by atoms with E-state index in [9.17, 15) is 0 Å². The van der Waals surface area contributed by atoms with Crippen molar-refractivity contribution in [1.29, 1.82) is 0 Å².